The van der Waals surface area contributed by atoms with Crippen molar-refractivity contribution < 1.29 is 37.3 Å². The molecule has 1 saturated heterocycles. The average Bonchev–Trinajstić information content (AvgIpc) is 2.98. The molecule has 1 fully saturated rings. The molecule has 0 unspecified atom stereocenters. The quantitative estimate of drug-likeness (QED) is 0.188. The number of allylic oxidation sites excluding steroid dienone is 1. The number of rotatable bonds is 12. The van der Waals surface area contributed by atoms with Gasteiger partial charge in [-0.2, -0.15) is 18.2 Å². The van der Waals surface area contributed by atoms with Crippen LogP contribution in [0, 0.1) is 0 Å². The molecule has 0 radical (unpaired) electrons. The van der Waals surface area contributed by atoms with Gasteiger partial charge in [0.2, 0.25) is 11.8 Å². The van der Waals surface area contributed by atoms with Gasteiger partial charge in [-0.25, -0.2) is 4.98 Å². The molecule has 1 aromatic heterocycles. The molecule has 2 aromatic carbocycles. The monoisotopic (exact) mass is 613 g/mol. The summed E-state index contributed by atoms with van der Waals surface area (Å²) in [6, 6.07) is 9.20. The topological polar surface area (TPSA) is 126 Å². The number of hydrogen-bond acceptors (Lipinski definition) is 9. The highest BCUT2D eigenvalue weighted by atomic mass is 19.4. The minimum Gasteiger partial charge on any atom is -0.495 e. The molecule has 0 spiro atoms. The highest BCUT2D eigenvalue weighted by Crippen LogP contribution is 2.39. The second-order valence-electron chi connectivity index (χ2n) is 10.2. The Kier molecular flexibility index (Phi) is 10.6. The number of nitrogens with one attached hydrogen (secondary N) is 2. The Bertz CT molecular complexity index is 1510. The van der Waals surface area contributed by atoms with Gasteiger partial charge in [-0.1, -0.05) is 18.2 Å². The Labute approximate surface area is 252 Å². The number of aliphatic hydroxyl groups excluding tert-OH is 1. The molecule has 13 heteroatoms. The third kappa shape index (κ3) is 7.91. The number of carbonyl (C=O) groups excluding carboxylic acids is 2. The summed E-state index contributed by atoms with van der Waals surface area (Å²) in [6.07, 6.45) is -0.857. The molecule has 3 aromatic rings. The molecule has 0 aliphatic carbocycles. The van der Waals surface area contributed by atoms with Crippen molar-refractivity contribution in [3.63, 3.8) is 0 Å². The van der Waals surface area contributed by atoms with E-state index >= 15 is 0 Å². The molecule has 0 saturated carbocycles. The molecule has 0 atom stereocenters. The molecule has 2 heterocycles. The van der Waals surface area contributed by atoms with Crippen LogP contribution in [0.3, 0.4) is 0 Å². The Morgan fingerprint density at radius 1 is 1.18 bits per heavy atom. The summed E-state index contributed by atoms with van der Waals surface area (Å²) in [7, 11) is 1.39. The van der Waals surface area contributed by atoms with Gasteiger partial charge in [0.25, 0.3) is 5.91 Å². The Hall–Kier alpha value is -4.49. The van der Waals surface area contributed by atoms with Crippen molar-refractivity contribution in [2.24, 2.45) is 0 Å². The van der Waals surface area contributed by atoms with E-state index in [1.54, 1.807) is 24.3 Å². The number of hydrogen-bond donors (Lipinski definition) is 3. The van der Waals surface area contributed by atoms with Crippen LogP contribution in [-0.2, 0) is 12.6 Å². The number of likely N-dealkylation sites (tertiary alicyclic amines) is 1. The van der Waals surface area contributed by atoms with E-state index in [1.165, 1.54) is 32.2 Å². The molecule has 1 amide bonds. The highest BCUT2D eigenvalue weighted by Gasteiger charge is 2.37. The summed E-state index contributed by atoms with van der Waals surface area (Å²) in [6.45, 7) is 7.19. The lowest BCUT2D eigenvalue weighted by atomic mass is 10.0. The maximum absolute atomic E-state index is 13.9. The number of benzene rings is 2. The third-order valence-corrected chi connectivity index (χ3v) is 7.14. The first-order chi connectivity index (χ1) is 21.0. The van der Waals surface area contributed by atoms with Crippen LogP contribution in [0.2, 0.25) is 0 Å². The molecule has 0 bridgehead atoms. The zero-order chi connectivity index (χ0) is 31.9. The number of methoxy groups -OCH3 is 1. The van der Waals surface area contributed by atoms with Gasteiger partial charge in [-0.05, 0) is 56.0 Å². The van der Waals surface area contributed by atoms with Crippen molar-refractivity contribution in [2.75, 3.05) is 38.7 Å². The predicted octanol–water partition coefficient (Wildman–Crippen LogP) is 5.16. The van der Waals surface area contributed by atoms with Gasteiger partial charge < -0.3 is 30.1 Å². The summed E-state index contributed by atoms with van der Waals surface area (Å²) in [4.78, 5) is 35.3. The average molecular weight is 614 g/mol. The molecule has 234 valence electrons. The number of anilines is 2. The molecular formula is C31H34F3N5O5. The largest absolute Gasteiger partial charge is 0.495 e. The van der Waals surface area contributed by atoms with E-state index in [0.717, 1.165) is 25.9 Å². The van der Waals surface area contributed by atoms with Crippen LogP contribution in [0.4, 0.5) is 24.8 Å². The fourth-order valence-corrected chi connectivity index (χ4v) is 4.96. The Morgan fingerprint density at radius 3 is 2.57 bits per heavy atom. The molecule has 1 aliphatic rings. The van der Waals surface area contributed by atoms with E-state index in [-0.39, 0.29) is 47.3 Å². The van der Waals surface area contributed by atoms with Crippen molar-refractivity contribution in [1.29, 1.82) is 0 Å². The van der Waals surface area contributed by atoms with E-state index in [9.17, 15) is 22.8 Å². The van der Waals surface area contributed by atoms with Gasteiger partial charge >= 0.3 is 6.18 Å². The van der Waals surface area contributed by atoms with Gasteiger partial charge in [0.1, 0.15) is 17.1 Å². The van der Waals surface area contributed by atoms with Crippen LogP contribution >= 0.6 is 0 Å². The summed E-state index contributed by atoms with van der Waals surface area (Å²) in [5.41, 5.74) is 0.0721. The maximum atomic E-state index is 13.9. The second-order valence-corrected chi connectivity index (χ2v) is 10.2. The molecule has 44 heavy (non-hydrogen) atoms. The summed E-state index contributed by atoms with van der Waals surface area (Å²) < 4.78 is 52.8. The molecule has 4 rings (SSSR count). The normalized spacial score (nSPS) is 14.1. The fraction of sp³-hybridized carbons (Fsp3) is 0.355. The smallest absolute Gasteiger partial charge is 0.423 e. The number of nitrogens with zero attached hydrogens (tertiary/aromatic N) is 3. The predicted molar refractivity (Wildman–Crippen MR) is 158 cm³/mol. The number of piperidine rings is 1. The number of ether oxygens (including phenoxy) is 2. The molecule has 10 nitrogen and oxygen atoms in total. The maximum Gasteiger partial charge on any atom is 0.423 e. The molecular weight excluding hydrogens is 579 g/mol. The van der Waals surface area contributed by atoms with E-state index < -0.39 is 17.6 Å². The van der Waals surface area contributed by atoms with Crippen LogP contribution in [0.15, 0.2) is 55.3 Å². The molecule has 1 aliphatic heterocycles. The fourth-order valence-electron chi connectivity index (χ4n) is 4.96. The van der Waals surface area contributed by atoms with E-state index in [1.807, 2.05) is 0 Å². The second kappa shape index (κ2) is 14.3. The first kappa shape index (κ1) is 32.4. The van der Waals surface area contributed by atoms with Gasteiger partial charge in [-0.3, -0.25) is 9.59 Å². The number of aromatic nitrogens is 2. The van der Waals surface area contributed by atoms with Crippen molar-refractivity contribution in [3.8, 4) is 17.4 Å². The third-order valence-electron chi connectivity index (χ3n) is 7.14. The Balaban J connectivity index is 1.57. The highest BCUT2D eigenvalue weighted by molar-refractivity contribution is 5.98. The molecule has 3 N–H and O–H groups in total. The summed E-state index contributed by atoms with van der Waals surface area (Å²) in [5, 5.41) is 15.0. The number of halogens is 3. The van der Waals surface area contributed by atoms with Crippen molar-refractivity contribution >= 4 is 23.3 Å². The van der Waals surface area contributed by atoms with Crippen molar-refractivity contribution in [2.45, 2.75) is 38.4 Å². The SMILES string of the molecule is C=CCc1cccc(Oc2nc(Nc3ccc(C(=O)NC4CCN(CCO)CC4)cc3OC)ncc2C(F)(F)F)c1C(C)=O. The standard InChI is InChI=1S/C31H34F3N5O5/c1-4-6-20-7-5-8-25(27(20)19(2)41)44-29-23(31(32,33)34)18-35-30(38-29)37-24-10-9-21(17-26(24)43-3)28(42)36-22-11-13-39(14-12-22)15-16-40/h4-5,7-10,17-18,22,40H,1,6,11-16H2,2-3H3,(H,36,42)(H,35,37,38). The zero-order valence-corrected chi connectivity index (χ0v) is 24.4. The Morgan fingerprint density at radius 2 is 1.93 bits per heavy atom. The van der Waals surface area contributed by atoms with Crippen LogP contribution in [0.1, 0.15) is 51.6 Å². The number of alkyl halides is 3. The van der Waals surface area contributed by atoms with E-state index in [2.05, 4.69) is 32.1 Å². The lowest BCUT2D eigenvalue weighted by Gasteiger charge is -2.31. The lowest BCUT2D eigenvalue weighted by molar-refractivity contribution is -0.139. The number of carbonyl (C=O) groups is 2. The van der Waals surface area contributed by atoms with Gasteiger partial charge in [-0.15, -0.1) is 6.58 Å². The lowest BCUT2D eigenvalue weighted by Crippen LogP contribution is -2.45. The summed E-state index contributed by atoms with van der Waals surface area (Å²) in [5.74, 6) is -1.56. The van der Waals surface area contributed by atoms with E-state index in [4.69, 9.17) is 14.6 Å². The van der Waals surface area contributed by atoms with Crippen LogP contribution in [-0.4, -0.2) is 71.1 Å². The first-order valence-corrected chi connectivity index (χ1v) is 14.0. The van der Waals surface area contributed by atoms with E-state index in [0.29, 0.717) is 36.0 Å². The first-order valence-electron chi connectivity index (χ1n) is 14.0. The number of amides is 1. The number of ketones is 1. The van der Waals surface area contributed by atoms with Gasteiger partial charge in [0, 0.05) is 37.4 Å². The van der Waals surface area contributed by atoms with Crippen LogP contribution < -0.4 is 20.1 Å². The number of β-amino-alcohol motifs (C(OH)–C–C–N with tert-alkyl or cyclic N) is 1. The van der Waals surface area contributed by atoms with Gasteiger partial charge in [0.05, 0.1) is 25.0 Å². The number of aliphatic hydroxyl groups is 1. The van der Waals surface area contributed by atoms with Crippen molar-refractivity contribution in [1.82, 2.24) is 20.2 Å². The van der Waals surface area contributed by atoms with Crippen LogP contribution in [0.5, 0.6) is 17.4 Å². The van der Waals surface area contributed by atoms with Crippen LogP contribution in [0.25, 0.3) is 0 Å². The van der Waals surface area contributed by atoms with Crippen molar-refractivity contribution in [3.05, 3.63) is 77.5 Å². The minimum atomic E-state index is -4.84. The zero-order valence-electron chi connectivity index (χ0n) is 24.4. The number of Topliss-reactive ketones (excluding diaryl/α,β-unsaturated/α-hetero) is 1. The van der Waals surface area contributed by atoms with Gasteiger partial charge in [0.15, 0.2) is 5.78 Å². The summed E-state index contributed by atoms with van der Waals surface area (Å²) >= 11 is 0. The minimum absolute atomic E-state index is 0.0128.